The van der Waals surface area contributed by atoms with Crippen molar-refractivity contribution >= 4 is 11.9 Å². The summed E-state index contributed by atoms with van der Waals surface area (Å²) in [5, 5.41) is 0. The molecule has 0 saturated heterocycles. The monoisotopic (exact) mass is 396 g/mol. The van der Waals surface area contributed by atoms with Gasteiger partial charge in [0.15, 0.2) is 5.78 Å². The number of carbonyl (C=O) groups excluding carboxylic acids is 1. The first-order valence-corrected chi connectivity index (χ1v) is 9.94. The largest absolute Gasteiger partial charge is 0.494 e. The van der Waals surface area contributed by atoms with Gasteiger partial charge in [-0.3, -0.25) is 4.79 Å². The molecule has 2 aromatic rings. The zero-order chi connectivity index (χ0) is 21.7. The van der Waals surface area contributed by atoms with E-state index >= 15 is 0 Å². The van der Waals surface area contributed by atoms with E-state index in [2.05, 4.69) is 0 Å². The van der Waals surface area contributed by atoms with E-state index in [4.69, 9.17) is 14.2 Å². The van der Waals surface area contributed by atoms with Crippen molar-refractivity contribution in [2.24, 2.45) is 0 Å². The van der Waals surface area contributed by atoms with Crippen molar-refractivity contribution in [3.8, 4) is 17.2 Å². The highest BCUT2D eigenvalue weighted by Crippen LogP contribution is 2.30. The summed E-state index contributed by atoms with van der Waals surface area (Å²) in [6, 6.07) is 12.8. The molecule has 0 atom stereocenters. The molecular weight excluding hydrogens is 364 g/mol. The summed E-state index contributed by atoms with van der Waals surface area (Å²) < 4.78 is 17.5. The average Bonchev–Trinajstić information content (AvgIpc) is 2.60. The van der Waals surface area contributed by atoms with Crippen LogP contribution in [0.15, 0.2) is 48.5 Å². The van der Waals surface area contributed by atoms with Crippen LogP contribution in [0.4, 0.5) is 0 Å². The van der Waals surface area contributed by atoms with E-state index in [1.165, 1.54) is 0 Å². The number of hydrogen-bond donors (Lipinski definition) is 0. The lowest BCUT2D eigenvalue weighted by Gasteiger charge is -2.25. The lowest BCUT2D eigenvalue weighted by Crippen LogP contribution is -2.24. The standard InChI is InChI=1S/C25H32O4/c1-8-27-20-12-9-18(10-13-20)22(26)15-11-19-17-21(28-24(2,3)4)14-16-23(19)29-25(5,6)7/h9-17H,8H2,1-7H3/b15-11+. The predicted molar refractivity (Wildman–Crippen MR) is 118 cm³/mol. The van der Waals surface area contributed by atoms with Crippen LogP contribution in [0.1, 0.15) is 64.4 Å². The van der Waals surface area contributed by atoms with Crippen molar-refractivity contribution in [3.05, 3.63) is 59.7 Å². The predicted octanol–water partition coefficient (Wildman–Crippen LogP) is 6.34. The molecule has 0 aromatic heterocycles. The van der Waals surface area contributed by atoms with Crippen LogP contribution in [0.25, 0.3) is 6.08 Å². The fourth-order valence-corrected chi connectivity index (χ4v) is 2.64. The van der Waals surface area contributed by atoms with E-state index in [1.807, 2.05) is 66.7 Å². The molecule has 0 fully saturated rings. The molecule has 0 aliphatic carbocycles. The molecular formula is C25H32O4. The van der Waals surface area contributed by atoms with Crippen LogP contribution >= 0.6 is 0 Å². The van der Waals surface area contributed by atoms with E-state index in [9.17, 15) is 4.79 Å². The first kappa shape index (κ1) is 22.5. The number of rotatable bonds is 7. The maximum absolute atomic E-state index is 12.6. The molecule has 156 valence electrons. The van der Waals surface area contributed by atoms with Crippen LogP contribution < -0.4 is 14.2 Å². The van der Waals surface area contributed by atoms with Gasteiger partial charge in [-0.2, -0.15) is 0 Å². The van der Waals surface area contributed by atoms with Gasteiger partial charge in [0.05, 0.1) is 6.61 Å². The van der Waals surface area contributed by atoms with Gasteiger partial charge >= 0.3 is 0 Å². The van der Waals surface area contributed by atoms with Gasteiger partial charge in [-0.25, -0.2) is 0 Å². The SMILES string of the molecule is CCOc1ccc(C(=O)/C=C/c2cc(OC(C)(C)C)ccc2OC(C)(C)C)cc1. The zero-order valence-electron chi connectivity index (χ0n) is 18.5. The molecule has 0 spiro atoms. The minimum atomic E-state index is -0.353. The van der Waals surface area contributed by atoms with Crippen LogP contribution in [0.3, 0.4) is 0 Å². The van der Waals surface area contributed by atoms with E-state index in [1.54, 1.807) is 36.4 Å². The average molecular weight is 397 g/mol. The first-order chi connectivity index (χ1) is 13.5. The zero-order valence-corrected chi connectivity index (χ0v) is 18.5. The Labute approximate surface area is 174 Å². The summed E-state index contributed by atoms with van der Waals surface area (Å²) in [6.07, 6.45) is 3.33. The van der Waals surface area contributed by atoms with Gasteiger partial charge in [0.2, 0.25) is 0 Å². The highest BCUT2D eigenvalue weighted by Gasteiger charge is 2.17. The van der Waals surface area contributed by atoms with Gasteiger partial charge in [0, 0.05) is 11.1 Å². The minimum Gasteiger partial charge on any atom is -0.494 e. The Bertz CT molecular complexity index is 850. The topological polar surface area (TPSA) is 44.8 Å². The first-order valence-electron chi connectivity index (χ1n) is 9.94. The Morgan fingerprint density at radius 3 is 2.00 bits per heavy atom. The summed E-state index contributed by atoms with van der Waals surface area (Å²) in [6.45, 7) is 14.5. The van der Waals surface area contributed by atoms with Crippen molar-refractivity contribution in [3.63, 3.8) is 0 Å². The smallest absolute Gasteiger partial charge is 0.185 e. The molecule has 0 saturated carbocycles. The van der Waals surface area contributed by atoms with Crippen LogP contribution in [-0.4, -0.2) is 23.6 Å². The molecule has 0 unspecified atom stereocenters. The number of benzene rings is 2. The lowest BCUT2D eigenvalue weighted by atomic mass is 10.1. The second-order valence-electron chi connectivity index (χ2n) is 8.78. The van der Waals surface area contributed by atoms with Gasteiger partial charge in [-0.15, -0.1) is 0 Å². The number of hydrogen-bond acceptors (Lipinski definition) is 4. The van der Waals surface area contributed by atoms with E-state index in [0.29, 0.717) is 17.9 Å². The third-order valence-corrected chi connectivity index (χ3v) is 3.69. The highest BCUT2D eigenvalue weighted by molar-refractivity contribution is 6.07. The fourth-order valence-electron chi connectivity index (χ4n) is 2.64. The van der Waals surface area contributed by atoms with Crippen LogP contribution in [0, 0.1) is 0 Å². The lowest BCUT2D eigenvalue weighted by molar-refractivity contribution is 0.104. The van der Waals surface area contributed by atoms with Gasteiger partial charge in [0.1, 0.15) is 28.5 Å². The molecule has 0 aliphatic heterocycles. The Morgan fingerprint density at radius 1 is 0.862 bits per heavy atom. The molecule has 0 heterocycles. The Hall–Kier alpha value is -2.75. The molecule has 0 N–H and O–H groups in total. The molecule has 0 radical (unpaired) electrons. The number of ketones is 1. The maximum atomic E-state index is 12.6. The van der Waals surface area contributed by atoms with E-state index in [0.717, 1.165) is 17.1 Å². The Kier molecular flexibility index (Phi) is 7.12. The number of carbonyl (C=O) groups is 1. The molecule has 0 amide bonds. The van der Waals surface area contributed by atoms with Gasteiger partial charge < -0.3 is 14.2 Å². The summed E-state index contributed by atoms with van der Waals surface area (Å²) in [7, 11) is 0. The van der Waals surface area contributed by atoms with Crippen LogP contribution in [0.2, 0.25) is 0 Å². The Morgan fingerprint density at radius 2 is 1.45 bits per heavy atom. The number of ether oxygens (including phenoxy) is 3. The van der Waals surface area contributed by atoms with Gasteiger partial charge in [0.25, 0.3) is 0 Å². The van der Waals surface area contributed by atoms with Crippen LogP contribution in [0.5, 0.6) is 17.2 Å². The maximum Gasteiger partial charge on any atom is 0.185 e. The van der Waals surface area contributed by atoms with Crippen LogP contribution in [-0.2, 0) is 0 Å². The van der Waals surface area contributed by atoms with Crippen molar-refractivity contribution < 1.29 is 19.0 Å². The van der Waals surface area contributed by atoms with Gasteiger partial charge in [-0.05, 0) is 103 Å². The molecule has 4 nitrogen and oxygen atoms in total. The molecule has 4 heteroatoms. The second kappa shape index (κ2) is 9.17. The normalized spacial score (nSPS) is 12.1. The highest BCUT2D eigenvalue weighted by atomic mass is 16.5. The number of allylic oxidation sites excluding steroid dienone is 1. The molecule has 0 aliphatic rings. The summed E-state index contributed by atoms with van der Waals surface area (Å²) in [5.74, 6) is 2.10. The fraction of sp³-hybridized carbons (Fsp3) is 0.400. The van der Waals surface area contributed by atoms with E-state index < -0.39 is 0 Å². The summed E-state index contributed by atoms with van der Waals surface area (Å²) in [5.41, 5.74) is 0.727. The van der Waals surface area contributed by atoms with Crippen molar-refractivity contribution in [2.45, 2.75) is 59.7 Å². The summed E-state index contributed by atoms with van der Waals surface area (Å²) >= 11 is 0. The minimum absolute atomic E-state index is 0.0862. The van der Waals surface area contributed by atoms with Gasteiger partial charge in [-0.1, -0.05) is 0 Å². The van der Waals surface area contributed by atoms with E-state index in [-0.39, 0.29) is 17.0 Å². The third-order valence-electron chi connectivity index (χ3n) is 3.69. The Balaban J connectivity index is 2.29. The quantitative estimate of drug-likeness (QED) is 0.405. The van der Waals surface area contributed by atoms with Crippen molar-refractivity contribution in [1.82, 2.24) is 0 Å². The molecule has 2 rings (SSSR count). The van der Waals surface area contributed by atoms with Crippen molar-refractivity contribution in [2.75, 3.05) is 6.61 Å². The molecule has 0 bridgehead atoms. The molecule has 29 heavy (non-hydrogen) atoms. The molecule has 2 aromatic carbocycles. The van der Waals surface area contributed by atoms with Crippen molar-refractivity contribution in [1.29, 1.82) is 0 Å². The second-order valence-corrected chi connectivity index (χ2v) is 8.78. The summed E-state index contributed by atoms with van der Waals surface area (Å²) in [4.78, 5) is 12.6. The third kappa shape index (κ3) is 7.65.